The molecule has 0 heterocycles. The van der Waals surface area contributed by atoms with Crippen LogP contribution in [-0.2, 0) is 19.7 Å². The topological polar surface area (TPSA) is 63.6 Å². The molecule has 0 spiro atoms. The van der Waals surface area contributed by atoms with Crippen molar-refractivity contribution < 1.29 is 19.4 Å². The first-order valence-electron chi connectivity index (χ1n) is 6.16. The highest BCUT2D eigenvalue weighted by Crippen LogP contribution is 2.37. The average Bonchev–Trinajstić information content (AvgIpc) is 2.36. The molecule has 0 aliphatic heterocycles. The smallest absolute Gasteiger partial charge is 0.328 e. The number of carbonyl (C=O) groups is 2. The minimum Gasteiger partial charge on any atom is -0.480 e. The number of esters is 1. The maximum atomic E-state index is 12.3. The number of aliphatic carboxylic acids is 1. The summed E-state index contributed by atoms with van der Waals surface area (Å²) in [5, 5.41) is 9.86. The van der Waals surface area contributed by atoms with Crippen LogP contribution in [0.4, 0.5) is 0 Å². The fourth-order valence-corrected chi connectivity index (χ4v) is 2.37. The zero-order chi connectivity index (χ0) is 15.3. The standard InChI is InChI=1S/C15H17ClO4/c1-4-20-14(19)15(13(17)18,9-10(2)3)11-7-5-6-8-12(11)16/h5-8H,2,4,9H2,1,3H3,(H,17,18). The van der Waals surface area contributed by atoms with Crippen molar-refractivity contribution in [3.8, 4) is 0 Å². The van der Waals surface area contributed by atoms with E-state index < -0.39 is 17.4 Å². The van der Waals surface area contributed by atoms with Crippen LogP contribution in [-0.4, -0.2) is 23.7 Å². The fraction of sp³-hybridized carbons (Fsp3) is 0.333. The number of carboxylic acids is 1. The Labute approximate surface area is 123 Å². The van der Waals surface area contributed by atoms with Crippen LogP contribution < -0.4 is 0 Å². The Hall–Kier alpha value is -1.81. The van der Waals surface area contributed by atoms with Gasteiger partial charge in [-0.1, -0.05) is 35.4 Å². The molecule has 0 amide bonds. The highest BCUT2D eigenvalue weighted by Gasteiger charge is 2.50. The Morgan fingerprint density at radius 3 is 2.45 bits per heavy atom. The minimum absolute atomic E-state index is 0.0646. The number of halogens is 1. The molecule has 0 aromatic heterocycles. The van der Waals surface area contributed by atoms with Crippen molar-refractivity contribution in [3.05, 3.63) is 47.0 Å². The molecule has 0 saturated heterocycles. The Morgan fingerprint density at radius 1 is 1.40 bits per heavy atom. The van der Waals surface area contributed by atoms with E-state index in [4.69, 9.17) is 16.3 Å². The van der Waals surface area contributed by atoms with E-state index >= 15 is 0 Å². The van der Waals surface area contributed by atoms with Gasteiger partial charge in [-0.3, -0.25) is 9.59 Å². The van der Waals surface area contributed by atoms with Gasteiger partial charge in [-0.05, 0) is 31.9 Å². The summed E-state index contributed by atoms with van der Waals surface area (Å²) in [6, 6.07) is 6.38. The van der Waals surface area contributed by atoms with E-state index in [-0.39, 0.29) is 23.6 Å². The molecule has 4 nitrogen and oxygen atoms in total. The van der Waals surface area contributed by atoms with Crippen molar-refractivity contribution in [1.29, 1.82) is 0 Å². The van der Waals surface area contributed by atoms with Gasteiger partial charge >= 0.3 is 11.9 Å². The van der Waals surface area contributed by atoms with Gasteiger partial charge in [-0.2, -0.15) is 0 Å². The Balaban J connectivity index is 3.53. The van der Waals surface area contributed by atoms with Crippen molar-refractivity contribution in [3.63, 3.8) is 0 Å². The molecule has 108 valence electrons. The summed E-state index contributed by atoms with van der Waals surface area (Å²) in [6.45, 7) is 7.08. The molecule has 1 rings (SSSR count). The lowest BCUT2D eigenvalue weighted by molar-refractivity contribution is -0.161. The third-order valence-corrected chi connectivity index (χ3v) is 3.22. The summed E-state index contributed by atoms with van der Waals surface area (Å²) in [5.74, 6) is -2.13. The third-order valence-electron chi connectivity index (χ3n) is 2.89. The van der Waals surface area contributed by atoms with Gasteiger partial charge in [0, 0.05) is 5.02 Å². The van der Waals surface area contributed by atoms with Gasteiger partial charge in [0.25, 0.3) is 0 Å². The molecule has 1 aromatic rings. The van der Waals surface area contributed by atoms with E-state index in [0.29, 0.717) is 5.57 Å². The molecular formula is C15H17ClO4. The minimum atomic E-state index is -1.86. The summed E-state index contributed by atoms with van der Waals surface area (Å²) in [7, 11) is 0. The number of hydrogen-bond acceptors (Lipinski definition) is 3. The maximum Gasteiger partial charge on any atom is 0.328 e. The second-order valence-electron chi connectivity index (χ2n) is 4.54. The van der Waals surface area contributed by atoms with Gasteiger partial charge < -0.3 is 9.84 Å². The summed E-state index contributed by atoms with van der Waals surface area (Å²) >= 11 is 6.08. The van der Waals surface area contributed by atoms with Crippen LogP contribution >= 0.6 is 11.6 Å². The quantitative estimate of drug-likeness (QED) is 0.497. The second-order valence-corrected chi connectivity index (χ2v) is 4.95. The Morgan fingerprint density at radius 2 is 2.00 bits per heavy atom. The highest BCUT2D eigenvalue weighted by molar-refractivity contribution is 6.32. The molecule has 0 aliphatic carbocycles. The molecule has 1 aromatic carbocycles. The van der Waals surface area contributed by atoms with Crippen molar-refractivity contribution in [2.24, 2.45) is 0 Å². The van der Waals surface area contributed by atoms with Crippen molar-refractivity contribution >= 4 is 23.5 Å². The summed E-state index contributed by atoms with van der Waals surface area (Å²) in [6.07, 6.45) is -0.0646. The molecule has 5 heteroatoms. The molecular weight excluding hydrogens is 280 g/mol. The van der Waals surface area contributed by atoms with E-state index in [1.54, 1.807) is 32.0 Å². The summed E-state index contributed by atoms with van der Waals surface area (Å²) < 4.78 is 4.96. The zero-order valence-corrected chi connectivity index (χ0v) is 12.2. The maximum absolute atomic E-state index is 12.3. The molecule has 1 atom stereocenters. The van der Waals surface area contributed by atoms with Crippen LogP contribution in [0.1, 0.15) is 25.8 Å². The molecule has 0 radical (unpaired) electrons. The average molecular weight is 297 g/mol. The number of rotatable bonds is 6. The fourth-order valence-electron chi connectivity index (χ4n) is 2.07. The lowest BCUT2D eigenvalue weighted by Crippen LogP contribution is -2.45. The molecule has 0 fully saturated rings. The van der Waals surface area contributed by atoms with E-state index in [1.807, 2.05) is 0 Å². The number of allylic oxidation sites excluding steroid dienone is 1. The van der Waals surface area contributed by atoms with Gasteiger partial charge in [-0.25, -0.2) is 0 Å². The Bertz CT molecular complexity index is 538. The van der Waals surface area contributed by atoms with Crippen LogP contribution in [0.3, 0.4) is 0 Å². The lowest BCUT2D eigenvalue weighted by Gasteiger charge is -2.28. The summed E-state index contributed by atoms with van der Waals surface area (Å²) in [4.78, 5) is 24.1. The van der Waals surface area contributed by atoms with Gasteiger partial charge in [0.05, 0.1) is 6.61 Å². The van der Waals surface area contributed by atoms with Gasteiger partial charge in [-0.15, -0.1) is 6.58 Å². The first-order valence-corrected chi connectivity index (χ1v) is 6.54. The second kappa shape index (κ2) is 6.57. The predicted octanol–water partition coefficient (Wildman–Crippen LogP) is 3.19. The largest absolute Gasteiger partial charge is 0.480 e. The normalized spacial score (nSPS) is 13.3. The van der Waals surface area contributed by atoms with Crippen LogP contribution in [0.15, 0.2) is 36.4 Å². The molecule has 20 heavy (non-hydrogen) atoms. The van der Waals surface area contributed by atoms with Crippen LogP contribution in [0, 0.1) is 0 Å². The van der Waals surface area contributed by atoms with E-state index in [0.717, 1.165) is 0 Å². The van der Waals surface area contributed by atoms with E-state index in [2.05, 4.69) is 6.58 Å². The predicted molar refractivity (Wildman–Crippen MR) is 76.8 cm³/mol. The SMILES string of the molecule is C=C(C)CC(C(=O)O)(C(=O)OCC)c1ccccc1Cl. The van der Waals surface area contributed by atoms with Crippen molar-refractivity contribution in [1.82, 2.24) is 0 Å². The van der Waals surface area contributed by atoms with E-state index in [1.165, 1.54) is 6.07 Å². The highest BCUT2D eigenvalue weighted by atomic mass is 35.5. The third kappa shape index (κ3) is 3.02. The van der Waals surface area contributed by atoms with Gasteiger partial charge in [0.2, 0.25) is 0 Å². The number of carboxylic acid groups (broad SMARTS) is 1. The van der Waals surface area contributed by atoms with Crippen LogP contribution in [0.2, 0.25) is 5.02 Å². The number of benzene rings is 1. The molecule has 0 bridgehead atoms. The summed E-state index contributed by atoms with van der Waals surface area (Å²) in [5.41, 5.74) is -1.09. The first-order chi connectivity index (χ1) is 9.36. The van der Waals surface area contributed by atoms with Gasteiger partial charge in [0.1, 0.15) is 0 Å². The van der Waals surface area contributed by atoms with Gasteiger partial charge in [0.15, 0.2) is 5.41 Å². The van der Waals surface area contributed by atoms with Crippen molar-refractivity contribution in [2.75, 3.05) is 6.61 Å². The van der Waals surface area contributed by atoms with E-state index in [9.17, 15) is 14.7 Å². The number of ether oxygens (including phenoxy) is 1. The molecule has 1 N–H and O–H groups in total. The molecule has 0 aliphatic rings. The van der Waals surface area contributed by atoms with Crippen molar-refractivity contribution in [2.45, 2.75) is 25.7 Å². The monoisotopic (exact) mass is 296 g/mol. The molecule has 1 unspecified atom stereocenters. The zero-order valence-electron chi connectivity index (χ0n) is 11.5. The lowest BCUT2D eigenvalue weighted by atomic mass is 9.75. The number of hydrogen-bond donors (Lipinski definition) is 1. The number of carbonyl (C=O) groups excluding carboxylic acids is 1. The molecule has 0 saturated carbocycles. The Kier molecular flexibility index (Phi) is 5.34. The van der Waals surface area contributed by atoms with Crippen LogP contribution in [0.25, 0.3) is 0 Å². The first kappa shape index (κ1) is 16.2. The van der Waals surface area contributed by atoms with Crippen LogP contribution in [0.5, 0.6) is 0 Å².